The van der Waals surface area contributed by atoms with Crippen molar-refractivity contribution in [3.05, 3.63) is 53.6 Å². The van der Waals surface area contributed by atoms with Crippen LogP contribution in [0.4, 0.5) is 20.2 Å². The van der Waals surface area contributed by atoms with Crippen molar-refractivity contribution in [2.24, 2.45) is 5.73 Å². The predicted octanol–water partition coefficient (Wildman–Crippen LogP) is 3.97. The summed E-state index contributed by atoms with van der Waals surface area (Å²) in [6, 6.07) is 11.9. The van der Waals surface area contributed by atoms with E-state index in [0.717, 1.165) is 5.56 Å². The number of thiocarbonyl (C=S) groups is 1. The Hall–Kier alpha value is -2.21. The lowest BCUT2D eigenvalue weighted by Gasteiger charge is -2.16. The third-order valence-corrected chi connectivity index (χ3v) is 3.12. The molecule has 0 aliphatic carbocycles. The fourth-order valence-electron chi connectivity index (χ4n) is 1.94. The predicted molar refractivity (Wildman–Crippen MR) is 83.4 cm³/mol. The zero-order valence-electron chi connectivity index (χ0n) is 11.3. The molecule has 0 amide bonds. The number of para-hydroxylation sites is 3. The van der Waals surface area contributed by atoms with Crippen LogP contribution in [0.15, 0.2) is 42.5 Å². The number of hydrogen-bond acceptors (Lipinski definition) is 3. The lowest BCUT2D eigenvalue weighted by atomic mass is 10.1. The van der Waals surface area contributed by atoms with Crippen molar-refractivity contribution in [2.75, 3.05) is 5.32 Å². The first-order chi connectivity index (χ1) is 9.99. The number of alkyl halides is 2. The highest BCUT2D eigenvalue weighted by molar-refractivity contribution is 7.80. The van der Waals surface area contributed by atoms with Crippen LogP contribution in [-0.2, 0) is 0 Å². The Labute approximate surface area is 126 Å². The second-order valence-corrected chi connectivity index (χ2v) is 4.80. The van der Waals surface area contributed by atoms with E-state index in [2.05, 4.69) is 10.1 Å². The lowest BCUT2D eigenvalue weighted by Crippen LogP contribution is -2.13. The molecule has 110 valence electrons. The molecule has 0 spiro atoms. The van der Waals surface area contributed by atoms with E-state index >= 15 is 0 Å². The van der Waals surface area contributed by atoms with E-state index in [9.17, 15) is 8.78 Å². The first-order valence-electron chi connectivity index (χ1n) is 6.19. The highest BCUT2D eigenvalue weighted by Gasteiger charge is 2.13. The number of nitrogens with two attached hydrogens (primary N) is 1. The van der Waals surface area contributed by atoms with Crippen LogP contribution in [0.5, 0.6) is 5.75 Å². The van der Waals surface area contributed by atoms with Crippen LogP contribution in [0.1, 0.15) is 11.1 Å². The van der Waals surface area contributed by atoms with Gasteiger partial charge in [-0.05, 0) is 30.7 Å². The molecular formula is C15H14F2N2OS. The third-order valence-electron chi connectivity index (χ3n) is 2.90. The average molecular weight is 308 g/mol. The zero-order valence-corrected chi connectivity index (χ0v) is 12.1. The summed E-state index contributed by atoms with van der Waals surface area (Å²) in [6.07, 6.45) is 0. The van der Waals surface area contributed by atoms with Gasteiger partial charge in [0.2, 0.25) is 0 Å². The van der Waals surface area contributed by atoms with Crippen LogP contribution in [-0.4, -0.2) is 11.6 Å². The standard InChI is InChI=1S/C15H14F2N2OS/c1-9-5-4-6-10(14(18)21)13(9)19-11-7-2-3-8-12(11)20-15(16)17/h2-8,15,19H,1H3,(H2,18,21). The van der Waals surface area contributed by atoms with Crippen molar-refractivity contribution in [1.82, 2.24) is 0 Å². The van der Waals surface area contributed by atoms with Crippen LogP contribution < -0.4 is 15.8 Å². The first kappa shape index (κ1) is 15.2. The highest BCUT2D eigenvalue weighted by atomic mass is 32.1. The van der Waals surface area contributed by atoms with E-state index in [-0.39, 0.29) is 10.7 Å². The normalized spacial score (nSPS) is 10.5. The number of rotatable bonds is 5. The Balaban J connectivity index is 2.41. The number of nitrogens with one attached hydrogen (secondary N) is 1. The largest absolute Gasteiger partial charge is 0.433 e. The molecule has 2 aromatic carbocycles. The number of anilines is 2. The van der Waals surface area contributed by atoms with Crippen LogP contribution in [0, 0.1) is 6.92 Å². The van der Waals surface area contributed by atoms with Crippen LogP contribution in [0.25, 0.3) is 0 Å². The Morgan fingerprint density at radius 2 is 1.90 bits per heavy atom. The Morgan fingerprint density at radius 1 is 1.19 bits per heavy atom. The quantitative estimate of drug-likeness (QED) is 0.820. The maximum absolute atomic E-state index is 12.4. The van der Waals surface area contributed by atoms with Crippen LogP contribution in [0.3, 0.4) is 0 Å². The van der Waals surface area contributed by atoms with Gasteiger partial charge >= 0.3 is 6.61 Å². The van der Waals surface area contributed by atoms with Gasteiger partial charge < -0.3 is 15.8 Å². The molecule has 0 fully saturated rings. The number of benzene rings is 2. The summed E-state index contributed by atoms with van der Waals surface area (Å²) in [7, 11) is 0. The maximum Gasteiger partial charge on any atom is 0.387 e. The Kier molecular flexibility index (Phi) is 4.70. The minimum atomic E-state index is -2.89. The van der Waals surface area contributed by atoms with Gasteiger partial charge in [0.05, 0.1) is 11.4 Å². The number of halogens is 2. The smallest absolute Gasteiger partial charge is 0.387 e. The van der Waals surface area contributed by atoms with Crippen molar-refractivity contribution < 1.29 is 13.5 Å². The molecule has 0 atom stereocenters. The van der Waals surface area contributed by atoms with Gasteiger partial charge in [-0.15, -0.1) is 0 Å². The second kappa shape index (κ2) is 6.49. The SMILES string of the molecule is Cc1cccc(C(N)=S)c1Nc1ccccc1OC(F)F. The average Bonchev–Trinajstić information content (AvgIpc) is 2.42. The van der Waals surface area contributed by atoms with Crippen LogP contribution in [0.2, 0.25) is 0 Å². The fourth-order valence-corrected chi connectivity index (χ4v) is 2.11. The number of ether oxygens (including phenoxy) is 1. The van der Waals surface area contributed by atoms with Gasteiger partial charge in [0, 0.05) is 5.56 Å². The van der Waals surface area contributed by atoms with Gasteiger partial charge in [0.25, 0.3) is 0 Å². The molecule has 0 bridgehead atoms. The molecule has 0 saturated heterocycles. The summed E-state index contributed by atoms with van der Waals surface area (Å²) in [4.78, 5) is 0.230. The molecule has 0 radical (unpaired) electrons. The monoisotopic (exact) mass is 308 g/mol. The molecule has 21 heavy (non-hydrogen) atoms. The minimum Gasteiger partial charge on any atom is -0.433 e. The van der Waals surface area contributed by atoms with Crippen molar-refractivity contribution in [3.63, 3.8) is 0 Å². The van der Waals surface area contributed by atoms with Gasteiger partial charge in [-0.25, -0.2) is 0 Å². The number of aryl methyl sites for hydroxylation is 1. The summed E-state index contributed by atoms with van der Waals surface area (Å²) in [5.41, 5.74) is 8.34. The Bertz CT molecular complexity index is 662. The molecule has 0 saturated carbocycles. The second-order valence-electron chi connectivity index (χ2n) is 4.36. The summed E-state index contributed by atoms with van der Waals surface area (Å²) < 4.78 is 29.4. The molecular weight excluding hydrogens is 294 g/mol. The van der Waals surface area contributed by atoms with Gasteiger partial charge in [-0.3, -0.25) is 0 Å². The molecule has 2 rings (SSSR count). The van der Waals surface area contributed by atoms with E-state index in [1.165, 1.54) is 6.07 Å². The molecule has 6 heteroatoms. The fraction of sp³-hybridized carbons (Fsp3) is 0.133. The van der Waals surface area contributed by atoms with Gasteiger partial charge in [0.15, 0.2) is 0 Å². The topological polar surface area (TPSA) is 47.3 Å². The summed E-state index contributed by atoms with van der Waals surface area (Å²) in [5.74, 6) is 0.0599. The van der Waals surface area contributed by atoms with Crippen molar-refractivity contribution >= 4 is 28.6 Å². The zero-order chi connectivity index (χ0) is 15.4. The van der Waals surface area contributed by atoms with Crippen molar-refractivity contribution in [3.8, 4) is 5.75 Å². The molecule has 0 aliphatic heterocycles. The van der Waals surface area contributed by atoms with Crippen molar-refractivity contribution in [2.45, 2.75) is 13.5 Å². The van der Waals surface area contributed by atoms with Gasteiger partial charge in [-0.1, -0.05) is 36.5 Å². The molecule has 0 unspecified atom stereocenters. The maximum atomic E-state index is 12.4. The molecule has 3 N–H and O–H groups in total. The van der Waals surface area contributed by atoms with Gasteiger partial charge in [-0.2, -0.15) is 8.78 Å². The van der Waals surface area contributed by atoms with E-state index in [4.69, 9.17) is 18.0 Å². The third kappa shape index (κ3) is 3.66. The highest BCUT2D eigenvalue weighted by Crippen LogP contribution is 2.31. The summed E-state index contributed by atoms with van der Waals surface area (Å²) in [6.45, 7) is -1.01. The lowest BCUT2D eigenvalue weighted by molar-refractivity contribution is -0.0493. The van der Waals surface area contributed by atoms with E-state index in [1.54, 1.807) is 24.3 Å². The van der Waals surface area contributed by atoms with E-state index < -0.39 is 6.61 Å². The van der Waals surface area contributed by atoms with Crippen LogP contribution >= 0.6 is 12.2 Å². The molecule has 0 aliphatic rings. The van der Waals surface area contributed by atoms with Crippen molar-refractivity contribution in [1.29, 1.82) is 0 Å². The molecule has 0 aromatic heterocycles. The number of hydrogen-bond donors (Lipinski definition) is 2. The molecule has 3 nitrogen and oxygen atoms in total. The van der Waals surface area contributed by atoms with E-state index in [1.807, 2.05) is 19.1 Å². The molecule has 0 heterocycles. The molecule has 2 aromatic rings. The minimum absolute atomic E-state index is 0.0599. The van der Waals surface area contributed by atoms with E-state index in [0.29, 0.717) is 16.9 Å². The summed E-state index contributed by atoms with van der Waals surface area (Å²) in [5, 5.41) is 3.07. The summed E-state index contributed by atoms with van der Waals surface area (Å²) >= 11 is 5.01. The first-order valence-corrected chi connectivity index (χ1v) is 6.60. The van der Waals surface area contributed by atoms with Gasteiger partial charge in [0.1, 0.15) is 10.7 Å². The Morgan fingerprint density at radius 3 is 2.57 bits per heavy atom.